The Labute approximate surface area is 133 Å². The highest BCUT2D eigenvalue weighted by molar-refractivity contribution is 5.38. The van der Waals surface area contributed by atoms with E-state index in [0.717, 1.165) is 32.0 Å². The zero-order chi connectivity index (χ0) is 16.1. The first-order valence-electron chi connectivity index (χ1n) is 7.57. The van der Waals surface area contributed by atoms with Crippen LogP contribution in [-0.2, 0) is 6.42 Å². The zero-order valence-corrected chi connectivity index (χ0v) is 12.6. The third kappa shape index (κ3) is 3.92. The molecule has 1 saturated heterocycles. The van der Waals surface area contributed by atoms with Crippen LogP contribution < -0.4 is 15.0 Å². The van der Waals surface area contributed by atoms with Gasteiger partial charge in [-0.1, -0.05) is 6.07 Å². The second kappa shape index (κ2) is 7.32. The molecule has 2 heterocycles. The molecule has 1 aliphatic rings. The van der Waals surface area contributed by atoms with Crippen LogP contribution in [0.3, 0.4) is 0 Å². The molecule has 0 aliphatic carbocycles. The van der Waals surface area contributed by atoms with E-state index in [4.69, 9.17) is 4.74 Å². The maximum atomic E-state index is 13.5. The van der Waals surface area contributed by atoms with Gasteiger partial charge in [0.1, 0.15) is 11.6 Å². The Morgan fingerprint density at radius 2 is 1.87 bits per heavy atom. The van der Waals surface area contributed by atoms with Crippen LogP contribution in [-0.4, -0.2) is 42.8 Å². The van der Waals surface area contributed by atoms with Gasteiger partial charge in [0, 0.05) is 38.2 Å². The minimum Gasteiger partial charge on any atom is -0.476 e. The molecule has 0 spiro atoms. The smallest absolute Gasteiger partial charge is 0.234 e. The Kier molecular flexibility index (Phi) is 4.97. The van der Waals surface area contributed by atoms with Gasteiger partial charge in [-0.3, -0.25) is 4.98 Å². The van der Waals surface area contributed by atoms with Gasteiger partial charge in [-0.05, 0) is 12.1 Å². The molecule has 122 valence electrons. The second-order valence-electron chi connectivity index (χ2n) is 5.25. The molecule has 1 aromatic heterocycles. The van der Waals surface area contributed by atoms with Gasteiger partial charge in [0.25, 0.3) is 0 Å². The van der Waals surface area contributed by atoms with Crippen LogP contribution >= 0.6 is 0 Å². The summed E-state index contributed by atoms with van der Waals surface area (Å²) in [6.45, 7) is 3.66. The van der Waals surface area contributed by atoms with Crippen molar-refractivity contribution in [2.24, 2.45) is 0 Å². The summed E-state index contributed by atoms with van der Waals surface area (Å²) in [6, 6.07) is 3.82. The fraction of sp³-hybridized carbons (Fsp3) is 0.375. The van der Waals surface area contributed by atoms with Crippen LogP contribution in [0.2, 0.25) is 0 Å². The highest BCUT2D eigenvalue weighted by Crippen LogP contribution is 2.16. The van der Waals surface area contributed by atoms with Crippen LogP contribution in [0.4, 0.5) is 14.6 Å². The van der Waals surface area contributed by atoms with Crippen molar-refractivity contribution in [3.8, 4) is 5.88 Å². The van der Waals surface area contributed by atoms with Gasteiger partial charge in [0.05, 0.1) is 19.0 Å². The van der Waals surface area contributed by atoms with Crippen molar-refractivity contribution in [1.82, 2.24) is 15.3 Å². The molecule has 0 unspecified atom stereocenters. The molecule has 1 aliphatic heterocycles. The summed E-state index contributed by atoms with van der Waals surface area (Å²) in [5.41, 5.74) is 0.0266. The number of nitrogens with one attached hydrogen (secondary N) is 1. The van der Waals surface area contributed by atoms with E-state index in [2.05, 4.69) is 20.2 Å². The monoisotopic (exact) mass is 320 g/mol. The Morgan fingerprint density at radius 3 is 2.61 bits per heavy atom. The predicted octanol–water partition coefficient (Wildman–Crippen LogP) is 1.79. The van der Waals surface area contributed by atoms with Gasteiger partial charge in [-0.25, -0.2) is 8.78 Å². The third-order valence-corrected chi connectivity index (χ3v) is 3.70. The minimum atomic E-state index is -0.561. The number of piperazine rings is 1. The first kappa shape index (κ1) is 15.6. The first-order chi connectivity index (χ1) is 11.2. The van der Waals surface area contributed by atoms with Crippen molar-refractivity contribution < 1.29 is 13.5 Å². The lowest BCUT2D eigenvalue weighted by atomic mass is 10.1. The lowest BCUT2D eigenvalue weighted by Crippen LogP contribution is -2.43. The van der Waals surface area contributed by atoms with E-state index < -0.39 is 11.6 Å². The van der Waals surface area contributed by atoms with E-state index in [9.17, 15) is 8.78 Å². The largest absolute Gasteiger partial charge is 0.476 e. The molecule has 2 aromatic rings. The summed E-state index contributed by atoms with van der Waals surface area (Å²) in [6.07, 6.45) is 3.33. The molecule has 1 fully saturated rings. The average Bonchev–Trinajstić information content (AvgIpc) is 2.59. The van der Waals surface area contributed by atoms with Gasteiger partial charge in [0.15, 0.2) is 5.82 Å². The lowest BCUT2D eigenvalue weighted by Gasteiger charge is -2.28. The molecule has 0 bridgehead atoms. The van der Waals surface area contributed by atoms with E-state index in [1.807, 2.05) is 0 Å². The molecule has 0 radical (unpaired) electrons. The van der Waals surface area contributed by atoms with Gasteiger partial charge < -0.3 is 15.0 Å². The molecule has 1 aromatic carbocycles. The summed E-state index contributed by atoms with van der Waals surface area (Å²) >= 11 is 0. The molecule has 0 amide bonds. The molecule has 1 N–H and O–H groups in total. The average molecular weight is 320 g/mol. The van der Waals surface area contributed by atoms with Crippen molar-refractivity contribution >= 4 is 5.82 Å². The number of nitrogens with zero attached hydrogens (tertiary/aromatic N) is 3. The van der Waals surface area contributed by atoms with Crippen molar-refractivity contribution in [2.45, 2.75) is 6.42 Å². The van der Waals surface area contributed by atoms with Crippen LogP contribution in [0.25, 0.3) is 0 Å². The van der Waals surface area contributed by atoms with Crippen molar-refractivity contribution in [3.63, 3.8) is 0 Å². The second-order valence-corrected chi connectivity index (χ2v) is 5.25. The number of aromatic nitrogens is 2. The summed E-state index contributed by atoms with van der Waals surface area (Å²) < 4.78 is 32.6. The van der Waals surface area contributed by atoms with Crippen LogP contribution in [0, 0.1) is 11.6 Å². The van der Waals surface area contributed by atoms with Gasteiger partial charge in [-0.15, -0.1) is 0 Å². The number of anilines is 1. The van der Waals surface area contributed by atoms with Crippen LogP contribution in [0.1, 0.15) is 5.56 Å². The fourth-order valence-electron chi connectivity index (χ4n) is 2.48. The molecule has 23 heavy (non-hydrogen) atoms. The van der Waals surface area contributed by atoms with Crippen LogP contribution in [0.15, 0.2) is 30.6 Å². The summed E-state index contributed by atoms with van der Waals surface area (Å²) in [4.78, 5) is 10.6. The van der Waals surface area contributed by atoms with Crippen LogP contribution in [0.5, 0.6) is 5.88 Å². The maximum Gasteiger partial charge on any atom is 0.234 e. The van der Waals surface area contributed by atoms with Gasteiger partial charge in [0.2, 0.25) is 5.88 Å². The van der Waals surface area contributed by atoms with Crippen molar-refractivity contribution in [3.05, 3.63) is 47.8 Å². The number of rotatable bonds is 5. The highest BCUT2D eigenvalue weighted by Gasteiger charge is 2.13. The number of hydrogen-bond acceptors (Lipinski definition) is 5. The van der Waals surface area contributed by atoms with Gasteiger partial charge in [-0.2, -0.15) is 4.98 Å². The molecule has 0 saturated carbocycles. The van der Waals surface area contributed by atoms with Crippen molar-refractivity contribution in [1.29, 1.82) is 0 Å². The van der Waals surface area contributed by atoms with Gasteiger partial charge >= 0.3 is 0 Å². The number of hydrogen-bond donors (Lipinski definition) is 1. The standard InChI is InChI=1S/C16H18F2N4O/c17-13-2-1-3-14(18)12(13)4-9-23-16-11-20-10-15(21-16)22-7-5-19-6-8-22/h1-3,10-11,19H,4-9H2. The number of ether oxygens (including phenoxy) is 1. The quantitative estimate of drug-likeness (QED) is 0.910. The van der Waals surface area contributed by atoms with E-state index in [-0.39, 0.29) is 18.6 Å². The Bertz CT molecular complexity index is 642. The molecule has 0 atom stereocenters. The van der Waals surface area contributed by atoms with E-state index in [1.165, 1.54) is 24.4 Å². The summed E-state index contributed by atoms with van der Waals surface area (Å²) in [5.74, 6) is -0.0117. The topological polar surface area (TPSA) is 50.3 Å². The first-order valence-corrected chi connectivity index (χ1v) is 7.57. The highest BCUT2D eigenvalue weighted by atomic mass is 19.1. The zero-order valence-electron chi connectivity index (χ0n) is 12.6. The Balaban J connectivity index is 1.60. The minimum absolute atomic E-state index is 0.0266. The predicted molar refractivity (Wildman–Crippen MR) is 82.7 cm³/mol. The van der Waals surface area contributed by atoms with Crippen molar-refractivity contribution in [2.75, 3.05) is 37.7 Å². The summed E-state index contributed by atoms with van der Waals surface area (Å²) in [7, 11) is 0. The summed E-state index contributed by atoms with van der Waals surface area (Å²) in [5, 5.41) is 3.27. The molecule has 5 nitrogen and oxygen atoms in total. The third-order valence-electron chi connectivity index (χ3n) is 3.70. The Morgan fingerprint density at radius 1 is 1.13 bits per heavy atom. The SMILES string of the molecule is Fc1cccc(F)c1CCOc1cncc(N2CCNCC2)n1. The molecular formula is C16H18F2N4O. The molecular weight excluding hydrogens is 302 g/mol. The number of halogens is 2. The molecule has 3 rings (SSSR count). The van der Waals surface area contributed by atoms with E-state index in [1.54, 1.807) is 6.20 Å². The Hall–Kier alpha value is -2.28. The fourth-order valence-corrected chi connectivity index (χ4v) is 2.48. The van der Waals surface area contributed by atoms with E-state index >= 15 is 0 Å². The van der Waals surface area contributed by atoms with E-state index in [0.29, 0.717) is 5.88 Å². The number of benzene rings is 1. The lowest BCUT2D eigenvalue weighted by molar-refractivity contribution is 0.304. The maximum absolute atomic E-state index is 13.5. The normalized spacial score (nSPS) is 14.8. The molecule has 7 heteroatoms.